The lowest BCUT2D eigenvalue weighted by Gasteiger charge is -2.32. The van der Waals surface area contributed by atoms with Crippen molar-refractivity contribution < 1.29 is 93.9 Å². The molecular formula is C22H34O19. The van der Waals surface area contributed by atoms with Crippen molar-refractivity contribution in [2.45, 2.75) is 98.7 Å². The summed E-state index contributed by atoms with van der Waals surface area (Å²) in [5.74, 6) is -4.98. The molecule has 3 aliphatic heterocycles. The number of hydrogen-bond donors (Lipinski definition) is 10. The number of ether oxygens (including phenoxy) is 6. The maximum absolute atomic E-state index is 12.0. The van der Waals surface area contributed by atoms with Crippen molar-refractivity contribution in [2.24, 2.45) is 0 Å². The highest BCUT2D eigenvalue weighted by atomic mass is 16.8. The number of carbonyl (C=O) groups is 3. The van der Waals surface area contributed by atoms with Crippen LogP contribution in [0.25, 0.3) is 0 Å². The Bertz CT molecular complexity index is 917. The molecule has 0 saturated carbocycles. The smallest absolute Gasteiger partial charge is 0.336 e. The normalized spacial score (nSPS) is 40.5. The standard InChI is InChI=1S/C22H34O19/c23-4-7-12(30)14(32)18(36-7)40-17-13(31)8(5-24)37-20(17)39-16-9(6-25)38-19(15(16)33)41-22(21(34)35,3-11(28)29)2-1-10(26)27/h7-9,12-20,23-25,30-33H,1-6H2,(H,26,27)(H,28,29)(H,34,35)/t7?,8?,9?,12?,13?,14?,15?,16?,17?,18?,19?,20?,22-/m0/s1. The van der Waals surface area contributed by atoms with Gasteiger partial charge in [0.15, 0.2) is 24.5 Å². The maximum atomic E-state index is 12.0. The molecule has 3 aliphatic rings. The molecular weight excluding hydrogens is 568 g/mol. The van der Waals surface area contributed by atoms with Crippen LogP contribution >= 0.6 is 0 Å². The van der Waals surface area contributed by atoms with Gasteiger partial charge in [-0.1, -0.05) is 0 Å². The Balaban J connectivity index is 1.80. The minimum Gasteiger partial charge on any atom is -0.481 e. The molecule has 3 saturated heterocycles. The first-order valence-electron chi connectivity index (χ1n) is 12.5. The average Bonchev–Trinajstić information content (AvgIpc) is 3.48. The average molecular weight is 602 g/mol. The van der Waals surface area contributed by atoms with E-state index in [-0.39, 0.29) is 0 Å². The number of aliphatic hydroxyl groups is 7. The molecule has 0 radical (unpaired) electrons. The summed E-state index contributed by atoms with van der Waals surface area (Å²) in [5, 5.41) is 98.3. The van der Waals surface area contributed by atoms with E-state index in [1.165, 1.54) is 0 Å². The molecule has 236 valence electrons. The van der Waals surface area contributed by atoms with Crippen molar-refractivity contribution in [3.8, 4) is 0 Å². The van der Waals surface area contributed by atoms with E-state index in [1.807, 2.05) is 0 Å². The highest BCUT2D eigenvalue weighted by molar-refractivity contribution is 5.84. The van der Waals surface area contributed by atoms with Crippen LogP contribution in [0.3, 0.4) is 0 Å². The van der Waals surface area contributed by atoms with Gasteiger partial charge in [0.1, 0.15) is 54.9 Å². The van der Waals surface area contributed by atoms with Crippen molar-refractivity contribution in [1.29, 1.82) is 0 Å². The van der Waals surface area contributed by atoms with Gasteiger partial charge in [-0.3, -0.25) is 9.59 Å². The Kier molecular flexibility index (Phi) is 11.3. The van der Waals surface area contributed by atoms with Crippen LogP contribution in [0.1, 0.15) is 19.3 Å². The van der Waals surface area contributed by atoms with Gasteiger partial charge in [-0.15, -0.1) is 0 Å². The third-order valence-electron chi connectivity index (χ3n) is 6.94. The van der Waals surface area contributed by atoms with Gasteiger partial charge < -0.3 is 79.5 Å². The summed E-state index contributed by atoms with van der Waals surface area (Å²) in [6, 6.07) is 0. The molecule has 41 heavy (non-hydrogen) atoms. The summed E-state index contributed by atoms with van der Waals surface area (Å²) in [5.41, 5.74) is -2.67. The highest BCUT2D eigenvalue weighted by Gasteiger charge is 2.56. The minimum atomic E-state index is -2.67. The lowest BCUT2D eigenvalue weighted by atomic mass is 9.93. The van der Waals surface area contributed by atoms with E-state index in [2.05, 4.69) is 0 Å². The molecule has 13 atom stereocenters. The van der Waals surface area contributed by atoms with E-state index >= 15 is 0 Å². The molecule has 19 heteroatoms. The van der Waals surface area contributed by atoms with E-state index in [0.717, 1.165) is 0 Å². The number of aliphatic carboxylic acids is 3. The molecule has 3 fully saturated rings. The van der Waals surface area contributed by atoms with Crippen LogP contribution in [0.4, 0.5) is 0 Å². The second-order valence-corrected chi connectivity index (χ2v) is 9.72. The van der Waals surface area contributed by atoms with Gasteiger partial charge in [-0.25, -0.2) is 4.79 Å². The van der Waals surface area contributed by atoms with Gasteiger partial charge in [-0.05, 0) is 6.42 Å². The van der Waals surface area contributed by atoms with Crippen molar-refractivity contribution in [3.63, 3.8) is 0 Å². The maximum Gasteiger partial charge on any atom is 0.336 e. The van der Waals surface area contributed by atoms with Crippen LogP contribution in [0, 0.1) is 0 Å². The van der Waals surface area contributed by atoms with E-state index in [1.54, 1.807) is 0 Å². The number of carboxylic acids is 3. The van der Waals surface area contributed by atoms with Crippen LogP contribution in [-0.4, -0.2) is 168 Å². The van der Waals surface area contributed by atoms with Crippen LogP contribution in [-0.2, 0) is 42.8 Å². The van der Waals surface area contributed by atoms with E-state index in [0.29, 0.717) is 0 Å². The second kappa shape index (κ2) is 13.9. The molecule has 0 amide bonds. The molecule has 10 N–H and O–H groups in total. The zero-order valence-corrected chi connectivity index (χ0v) is 21.3. The first-order valence-corrected chi connectivity index (χ1v) is 12.5. The fraction of sp³-hybridized carbons (Fsp3) is 0.864. The van der Waals surface area contributed by atoms with Gasteiger partial charge in [0, 0.05) is 6.42 Å². The van der Waals surface area contributed by atoms with Crippen LogP contribution in [0.15, 0.2) is 0 Å². The molecule has 3 heterocycles. The fourth-order valence-corrected chi connectivity index (χ4v) is 4.71. The first-order chi connectivity index (χ1) is 19.3. The van der Waals surface area contributed by atoms with E-state index in [4.69, 9.17) is 33.5 Å². The van der Waals surface area contributed by atoms with Crippen molar-refractivity contribution in [2.75, 3.05) is 19.8 Å². The Morgan fingerprint density at radius 1 is 0.634 bits per heavy atom. The molecule has 0 bridgehead atoms. The predicted molar refractivity (Wildman–Crippen MR) is 122 cm³/mol. The molecule has 3 rings (SSSR count). The second-order valence-electron chi connectivity index (χ2n) is 9.72. The Labute approximate surface area is 230 Å². The fourth-order valence-electron chi connectivity index (χ4n) is 4.71. The van der Waals surface area contributed by atoms with Crippen LogP contribution < -0.4 is 0 Å². The highest BCUT2D eigenvalue weighted by Crippen LogP contribution is 2.36. The lowest BCUT2D eigenvalue weighted by molar-refractivity contribution is -0.264. The zero-order valence-electron chi connectivity index (χ0n) is 21.3. The lowest BCUT2D eigenvalue weighted by Crippen LogP contribution is -2.50. The van der Waals surface area contributed by atoms with Gasteiger partial charge >= 0.3 is 17.9 Å². The summed E-state index contributed by atoms with van der Waals surface area (Å²) in [6.45, 7) is -2.30. The summed E-state index contributed by atoms with van der Waals surface area (Å²) < 4.78 is 32.6. The molecule has 0 aliphatic carbocycles. The first kappa shape index (κ1) is 33.4. The van der Waals surface area contributed by atoms with Crippen molar-refractivity contribution in [3.05, 3.63) is 0 Å². The largest absolute Gasteiger partial charge is 0.481 e. The molecule has 0 aromatic heterocycles. The van der Waals surface area contributed by atoms with Crippen LogP contribution in [0.5, 0.6) is 0 Å². The van der Waals surface area contributed by atoms with Crippen LogP contribution in [0.2, 0.25) is 0 Å². The van der Waals surface area contributed by atoms with Gasteiger partial charge in [0.25, 0.3) is 0 Å². The van der Waals surface area contributed by atoms with Crippen molar-refractivity contribution >= 4 is 17.9 Å². The van der Waals surface area contributed by atoms with Gasteiger partial charge in [0.05, 0.1) is 26.2 Å². The third-order valence-corrected chi connectivity index (χ3v) is 6.94. The predicted octanol–water partition coefficient (Wildman–Crippen LogP) is -5.47. The summed E-state index contributed by atoms with van der Waals surface area (Å²) >= 11 is 0. The number of carboxylic acid groups (broad SMARTS) is 3. The molecule has 12 unspecified atom stereocenters. The molecule has 0 spiro atoms. The molecule has 0 aromatic carbocycles. The number of aliphatic hydroxyl groups excluding tert-OH is 7. The Hall–Kier alpha value is -2.11. The SMILES string of the molecule is O=C(O)CC[C@@](CC(=O)O)(OC1OC(CO)C(OC2OC(CO)C(O)C2OC2OC(CO)C(O)C2O)C1O)C(=O)O. The monoisotopic (exact) mass is 602 g/mol. The number of rotatable bonds is 15. The Morgan fingerprint density at radius 2 is 1.17 bits per heavy atom. The summed E-state index contributed by atoms with van der Waals surface area (Å²) in [7, 11) is 0. The van der Waals surface area contributed by atoms with Gasteiger partial charge in [0.2, 0.25) is 0 Å². The Morgan fingerprint density at radius 3 is 1.68 bits per heavy atom. The van der Waals surface area contributed by atoms with E-state index in [9.17, 15) is 60.3 Å². The minimum absolute atomic E-state index is 0.682. The zero-order chi connectivity index (χ0) is 30.6. The summed E-state index contributed by atoms with van der Waals surface area (Å²) in [4.78, 5) is 34.5. The third kappa shape index (κ3) is 7.28. The quantitative estimate of drug-likeness (QED) is 0.0835. The molecule has 19 nitrogen and oxygen atoms in total. The van der Waals surface area contributed by atoms with Gasteiger partial charge in [-0.2, -0.15) is 0 Å². The van der Waals surface area contributed by atoms with E-state index < -0.39 is 136 Å². The topological polar surface area (TPSA) is 309 Å². The number of hydrogen-bond acceptors (Lipinski definition) is 16. The summed E-state index contributed by atoms with van der Waals surface area (Å²) in [6.07, 6.45) is -22.1. The van der Waals surface area contributed by atoms with Crippen molar-refractivity contribution in [1.82, 2.24) is 0 Å². The molecule has 0 aromatic rings.